The molecule has 1 atom stereocenters. The first-order chi connectivity index (χ1) is 9.20. The van der Waals surface area contributed by atoms with Gasteiger partial charge in [0.25, 0.3) is 0 Å². The van der Waals surface area contributed by atoms with Crippen LogP contribution in [0.5, 0.6) is 5.75 Å². The molecule has 1 N–H and O–H groups in total. The average molecular weight is 263 g/mol. The molecule has 0 bridgehead atoms. The van der Waals surface area contributed by atoms with E-state index in [-0.39, 0.29) is 29.7 Å². The molecule has 1 aromatic carbocycles. The Kier molecular flexibility index (Phi) is 4.28. The third-order valence-electron chi connectivity index (χ3n) is 2.71. The highest BCUT2D eigenvalue weighted by Gasteiger charge is 2.19. The summed E-state index contributed by atoms with van der Waals surface area (Å²) in [4.78, 5) is 10.4. The van der Waals surface area contributed by atoms with Crippen LogP contribution in [0, 0.1) is 21.4 Å². The van der Waals surface area contributed by atoms with Crippen LogP contribution in [-0.4, -0.2) is 37.3 Å². The van der Waals surface area contributed by atoms with Crippen LogP contribution in [0.15, 0.2) is 18.2 Å². The summed E-state index contributed by atoms with van der Waals surface area (Å²) in [6, 6.07) is 5.99. The van der Waals surface area contributed by atoms with Crippen molar-refractivity contribution in [2.45, 2.75) is 6.10 Å². The van der Waals surface area contributed by atoms with Gasteiger partial charge in [0.2, 0.25) is 0 Å². The summed E-state index contributed by atoms with van der Waals surface area (Å²) in [7, 11) is 0. The molecule has 0 radical (unpaired) electrons. The van der Waals surface area contributed by atoms with Crippen LogP contribution in [-0.2, 0) is 4.74 Å². The van der Waals surface area contributed by atoms with Crippen molar-refractivity contribution in [1.29, 1.82) is 5.26 Å². The fourth-order valence-electron chi connectivity index (χ4n) is 1.76. The van der Waals surface area contributed by atoms with E-state index in [4.69, 9.17) is 14.7 Å². The van der Waals surface area contributed by atoms with Gasteiger partial charge in [0.15, 0.2) is 5.75 Å². The molecule has 1 saturated heterocycles. The highest BCUT2D eigenvalue weighted by Crippen LogP contribution is 2.27. The molecule has 0 aliphatic carbocycles. The SMILES string of the molecule is N#Cc1ccc(OCC2CNCCO2)c([N+](=O)[O-])c1. The van der Waals surface area contributed by atoms with E-state index < -0.39 is 4.92 Å². The molecule has 2 rings (SSSR count). The van der Waals surface area contributed by atoms with Crippen molar-refractivity contribution in [2.24, 2.45) is 0 Å². The minimum atomic E-state index is -0.559. The van der Waals surface area contributed by atoms with Crippen molar-refractivity contribution in [3.05, 3.63) is 33.9 Å². The first kappa shape index (κ1) is 13.3. The molecule has 7 nitrogen and oxygen atoms in total. The van der Waals surface area contributed by atoms with E-state index in [1.165, 1.54) is 18.2 Å². The van der Waals surface area contributed by atoms with E-state index in [9.17, 15) is 10.1 Å². The molecule has 1 heterocycles. The largest absolute Gasteiger partial charge is 0.484 e. The molecule has 1 fully saturated rings. The van der Waals surface area contributed by atoms with Crippen molar-refractivity contribution in [3.63, 3.8) is 0 Å². The number of nitrogens with one attached hydrogen (secondary N) is 1. The summed E-state index contributed by atoms with van der Waals surface area (Å²) in [6.45, 7) is 2.29. The second-order valence-corrected chi connectivity index (χ2v) is 4.06. The van der Waals surface area contributed by atoms with Crippen molar-refractivity contribution in [3.8, 4) is 11.8 Å². The zero-order valence-electron chi connectivity index (χ0n) is 10.2. The summed E-state index contributed by atoms with van der Waals surface area (Å²) in [6.07, 6.45) is -0.121. The maximum Gasteiger partial charge on any atom is 0.312 e. The van der Waals surface area contributed by atoms with Gasteiger partial charge >= 0.3 is 5.69 Å². The van der Waals surface area contributed by atoms with Gasteiger partial charge in [-0.25, -0.2) is 0 Å². The first-order valence-electron chi connectivity index (χ1n) is 5.84. The van der Waals surface area contributed by atoms with E-state index in [0.717, 1.165) is 6.54 Å². The van der Waals surface area contributed by atoms with E-state index in [0.29, 0.717) is 13.2 Å². The maximum absolute atomic E-state index is 10.9. The molecule has 0 amide bonds. The lowest BCUT2D eigenvalue weighted by Crippen LogP contribution is -2.41. The molecular formula is C12H13N3O4. The number of rotatable bonds is 4. The third-order valence-corrected chi connectivity index (χ3v) is 2.71. The molecule has 100 valence electrons. The predicted octanol–water partition coefficient (Wildman–Crippen LogP) is 0.834. The van der Waals surface area contributed by atoms with Crippen LogP contribution in [0.4, 0.5) is 5.69 Å². The van der Waals surface area contributed by atoms with Gasteiger partial charge in [0, 0.05) is 19.2 Å². The topological polar surface area (TPSA) is 97.4 Å². The number of nitro benzene ring substituents is 1. The standard InChI is InChI=1S/C12H13N3O4/c13-6-9-1-2-12(11(5-9)15(16)17)19-8-10-7-14-3-4-18-10/h1-2,5,10,14H,3-4,7-8H2. The number of hydrogen-bond acceptors (Lipinski definition) is 6. The monoisotopic (exact) mass is 263 g/mol. The lowest BCUT2D eigenvalue weighted by molar-refractivity contribution is -0.386. The minimum absolute atomic E-state index is 0.121. The Morgan fingerprint density at radius 2 is 2.47 bits per heavy atom. The minimum Gasteiger partial charge on any atom is -0.484 e. The van der Waals surface area contributed by atoms with Crippen molar-refractivity contribution in [2.75, 3.05) is 26.3 Å². The highest BCUT2D eigenvalue weighted by atomic mass is 16.6. The molecule has 0 spiro atoms. The van der Waals surface area contributed by atoms with E-state index >= 15 is 0 Å². The Morgan fingerprint density at radius 3 is 3.11 bits per heavy atom. The van der Waals surface area contributed by atoms with Crippen LogP contribution < -0.4 is 10.1 Å². The smallest absolute Gasteiger partial charge is 0.312 e. The third kappa shape index (κ3) is 3.40. The number of hydrogen-bond donors (Lipinski definition) is 1. The Balaban J connectivity index is 2.06. The van der Waals surface area contributed by atoms with Crippen LogP contribution in [0.3, 0.4) is 0 Å². The van der Waals surface area contributed by atoms with Gasteiger partial charge in [-0.1, -0.05) is 0 Å². The average Bonchev–Trinajstić information content (AvgIpc) is 2.46. The fraction of sp³-hybridized carbons (Fsp3) is 0.417. The Hall–Kier alpha value is -2.17. The molecule has 0 aromatic heterocycles. The number of ether oxygens (including phenoxy) is 2. The summed E-state index contributed by atoms with van der Waals surface area (Å²) in [5.74, 6) is 0.151. The predicted molar refractivity (Wildman–Crippen MR) is 65.9 cm³/mol. The lowest BCUT2D eigenvalue weighted by Gasteiger charge is -2.23. The van der Waals surface area contributed by atoms with Crippen LogP contribution >= 0.6 is 0 Å². The lowest BCUT2D eigenvalue weighted by atomic mass is 10.2. The molecule has 0 saturated carbocycles. The number of nitrogens with zero attached hydrogens (tertiary/aromatic N) is 2. The fourth-order valence-corrected chi connectivity index (χ4v) is 1.76. The molecule has 7 heteroatoms. The molecule has 1 aliphatic rings. The number of nitro groups is 1. The zero-order chi connectivity index (χ0) is 13.7. The zero-order valence-corrected chi connectivity index (χ0v) is 10.2. The van der Waals surface area contributed by atoms with Crippen molar-refractivity contribution < 1.29 is 14.4 Å². The van der Waals surface area contributed by atoms with Crippen LogP contribution in [0.25, 0.3) is 0 Å². The number of benzene rings is 1. The number of morpholine rings is 1. The Morgan fingerprint density at radius 1 is 1.63 bits per heavy atom. The summed E-state index contributed by atoms with van der Waals surface area (Å²) < 4.78 is 10.9. The first-order valence-corrected chi connectivity index (χ1v) is 5.84. The van der Waals surface area contributed by atoms with Gasteiger partial charge in [-0.15, -0.1) is 0 Å². The molecular weight excluding hydrogens is 250 g/mol. The van der Waals surface area contributed by atoms with Gasteiger partial charge in [-0.3, -0.25) is 10.1 Å². The second kappa shape index (κ2) is 6.13. The van der Waals surface area contributed by atoms with E-state index in [1.807, 2.05) is 6.07 Å². The van der Waals surface area contributed by atoms with E-state index in [2.05, 4.69) is 5.32 Å². The van der Waals surface area contributed by atoms with Gasteiger partial charge in [-0.2, -0.15) is 5.26 Å². The van der Waals surface area contributed by atoms with Crippen LogP contribution in [0.1, 0.15) is 5.56 Å². The molecule has 1 aliphatic heterocycles. The van der Waals surface area contributed by atoms with Gasteiger partial charge in [0.1, 0.15) is 12.7 Å². The second-order valence-electron chi connectivity index (χ2n) is 4.06. The van der Waals surface area contributed by atoms with Gasteiger partial charge in [0.05, 0.1) is 23.2 Å². The summed E-state index contributed by atoms with van der Waals surface area (Å²) in [5.41, 5.74) is 0.0254. The molecule has 19 heavy (non-hydrogen) atoms. The van der Waals surface area contributed by atoms with Crippen molar-refractivity contribution >= 4 is 5.69 Å². The van der Waals surface area contributed by atoms with Crippen molar-refractivity contribution in [1.82, 2.24) is 5.32 Å². The quantitative estimate of drug-likeness (QED) is 0.638. The summed E-state index contributed by atoms with van der Waals surface area (Å²) in [5, 5.41) is 22.8. The van der Waals surface area contributed by atoms with Gasteiger partial charge < -0.3 is 14.8 Å². The van der Waals surface area contributed by atoms with E-state index in [1.54, 1.807) is 0 Å². The van der Waals surface area contributed by atoms with Crippen LogP contribution in [0.2, 0.25) is 0 Å². The Labute approximate surface area is 109 Å². The number of nitriles is 1. The van der Waals surface area contributed by atoms with Gasteiger partial charge in [-0.05, 0) is 12.1 Å². The maximum atomic E-state index is 10.9. The molecule has 1 aromatic rings. The Bertz CT molecular complexity index is 506. The molecule has 1 unspecified atom stereocenters. The normalized spacial score (nSPS) is 18.6. The highest BCUT2D eigenvalue weighted by molar-refractivity contribution is 5.51. The summed E-state index contributed by atoms with van der Waals surface area (Å²) >= 11 is 0.